The third kappa shape index (κ3) is 3.05. The molecule has 0 aromatic heterocycles. The van der Waals surface area contributed by atoms with Crippen LogP contribution in [0.25, 0.3) is 0 Å². The van der Waals surface area contributed by atoms with Crippen molar-refractivity contribution in [2.24, 2.45) is 16.7 Å². The van der Waals surface area contributed by atoms with E-state index in [-0.39, 0.29) is 11.5 Å². The average molecular weight is 573 g/mol. The van der Waals surface area contributed by atoms with Gasteiger partial charge in [-0.15, -0.1) is 0 Å². The highest BCUT2D eigenvalue weighted by Crippen LogP contribution is 2.74. The predicted molar refractivity (Wildman–Crippen MR) is 143 cm³/mol. The summed E-state index contributed by atoms with van der Waals surface area (Å²) in [4.78, 5) is 2.34. The number of rotatable bonds is 3. The molecule has 7 heteroatoms. The molecule has 8 unspecified atom stereocenters. The van der Waals surface area contributed by atoms with Crippen molar-refractivity contribution >= 4 is 15.9 Å². The zero-order valence-corrected chi connectivity index (χ0v) is 23.6. The summed E-state index contributed by atoms with van der Waals surface area (Å²) in [6.45, 7) is 6.65. The average Bonchev–Trinajstić information content (AvgIpc) is 3.06. The van der Waals surface area contributed by atoms with Crippen LogP contribution in [0.5, 0.6) is 5.75 Å². The maximum Gasteiger partial charge on any atom is 0.167 e. The van der Waals surface area contributed by atoms with Gasteiger partial charge in [-0.2, -0.15) is 0 Å². The number of benzene rings is 1. The normalized spacial score (nSPS) is 47.2. The fraction of sp³-hybridized carbons (Fsp3) is 0.667. The van der Waals surface area contributed by atoms with Crippen LogP contribution in [-0.4, -0.2) is 71.1 Å². The molecule has 4 aliphatic carbocycles. The summed E-state index contributed by atoms with van der Waals surface area (Å²) in [5, 5.41) is 23.8. The van der Waals surface area contributed by atoms with Crippen molar-refractivity contribution in [3.05, 3.63) is 52.0 Å². The highest BCUT2D eigenvalue weighted by molar-refractivity contribution is 9.10. The van der Waals surface area contributed by atoms with Crippen molar-refractivity contribution < 1.29 is 24.4 Å². The molecule has 2 saturated carbocycles. The predicted octanol–water partition coefficient (Wildman–Crippen LogP) is 4.59. The van der Waals surface area contributed by atoms with E-state index in [4.69, 9.17) is 14.2 Å². The molecule has 0 amide bonds. The maximum atomic E-state index is 12.3. The number of aliphatic hydroxyl groups excluding tert-OH is 1. The highest BCUT2D eigenvalue weighted by Gasteiger charge is 2.79. The van der Waals surface area contributed by atoms with Crippen LogP contribution < -0.4 is 4.74 Å². The number of nitrogens with zero attached hydrogens (tertiary/aromatic N) is 1. The van der Waals surface area contributed by atoms with E-state index >= 15 is 0 Å². The number of halogens is 1. The van der Waals surface area contributed by atoms with E-state index < -0.39 is 28.5 Å². The summed E-state index contributed by atoms with van der Waals surface area (Å²) < 4.78 is 21.3. The number of aliphatic hydroxyl groups is 2. The lowest BCUT2D eigenvalue weighted by Gasteiger charge is -2.73. The topological polar surface area (TPSA) is 71.4 Å². The monoisotopic (exact) mass is 571 g/mol. The summed E-state index contributed by atoms with van der Waals surface area (Å²) in [5.74, 6) is -0.0543. The first-order valence-corrected chi connectivity index (χ1v) is 14.6. The molecular weight excluding hydrogens is 534 g/mol. The first-order chi connectivity index (χ1) is 17.6. The van der Waals surface area contributed by atoms with Crippen LogP contribution in [0.2, 0.25) is 0 Å². The zero-order chi connectivity index (χ0) is 25.8. The highest BCUT2D eigenvalue weighted by atomic mass is 79.9. The number of likely N-dealkylation sites (N-methyl/N-ethyl adjacent to an activating group) is 1. The SMILES string of the molecule is CC(Oc1ccc(Br)cc1)C1=CCC23OCCN(C)CC12CC(O)C12OC4(O)CCC1(C)C(CC=C32)C4. The van der Waals surface area contributed by atoms with Crippen LogP contribution in [0.1, 0.15) is 52.4 Å². The lowest BCUT2D eigenvalue weighted by molar-refractivity contribution is -0.401. The second-order valence-corrected chi connectivity index (χ2v) is 13.7. The lowest BCUT2D eigenvalue weighted by atomic mass is 9.41. The summed E-state index contributed by atoms with van der Waals surface area (Å²) >= 11 is 3.51. The Bertz CT molecular complexity index is 1180. The Hall–Kier alpha value is -1.22. The van der Waals surface area contributed by atoms with E-state index in [0.29, 0.717) is 31.8 Å². The number of hydrogen-bond donors (Lipinski definition) is 2. The van der Waals surface area contributed by atoms with Gasteiger partial charge >= 0.3 is 0 Å². The molecule has 1 spiro atoms. The fourth-order valence-electron chi connectivity index (χ4n) is 9.39. The van der Waals surface area contributed by atoms with E-state index in [9.17, 15) is 10.2 Å². The van der Waals surface area contributed by atoms with Gasteiger partial charge in [-0.3, -0.25) is 0 Å². The van der Waals surface area contributed by atoms with Crippen molar-refractivity contribution in [1.82, 2.24) is 4.90 Å². The molecule has 37 heavy (non-hydrogen) atoms. The van der Waals surface area contributed by atoms with Gasteiger partial charge in [0.1, 0.15) is 23.1 Å². The summed E-state index contributed by atoms with van der Waals surface area (Å²) in [7, 11) is 2.15. The van der Waals surface area contributed by atoms with Crippen molar-refractivity contribution in [3.63, 3.8) is 0 Å². The maximum absolute atomic E-state index is 12.3. The van der Waals surface area contributed by atoms with Crippen LogP contribution in [0.3, 0.4) is 0 Å². The Balaban J connectivity index is 1.35. The van der Waals surface area contributed by atoms with Gasteiger partial charge in [0, 0.05) is 41.2 Å². The Kier molecular flexibility index (Phi) is 5.31. The van der Waals surface area contributed by atoms with Gasteiger partial charge in [-0.25, -0.2) is 0 Å². The third-order valence-corrected chi connectivity index (χ3v) is 11.5. The molecule has 1 aromatic rings. The molecule has 5 fully saturated rings. The fourth-order valence-corrected chi connectivity index (χ4v) is 9.66. The van der Waals surface area contributed by atoms with E-state index in [0.717, 1.165) is 48.1 Å². The molecule has 3 aliphatic heterocycles. The second-order valence-electron chi connectivity index (χ2n) is 12.7. The zero-order valence-electron chi connectivity index (χ0n) is 22.0. The van der Waals surface area contributed by atoms with Crippen molar-refractivity contribution in [2.75, 3.05) is 26.7 Å². The Morgan fingerprint density at radius 1 is 1.16 bits per heavy atom. The molecule has 3 saturated heterocycles. The van der Waals surface area contributed by atoms with Crippen molar-refractivity contribution in [3.8, 4) is 5.75 Å². The molecule has 1 aromatic carbocycles. The van der Waals surface area contributed by atoms with Gasteiger partial charge in [0.05, 0.1) is 12.7 Å². The van der Waals surface area contributed by atoms with E-state index in [2.05, 4.69) is 53.9 Å². The third-order valence-electron chi connectivity index (χ3n) is 11.0. The molecule has 4 bridgehead atoms. The smallest absolute Gasteiger partial charge is 0.167 e. The van der Waals surface area contributed by atoms with E-state index in [1.165, 1.54) is 5.57 Å². The van der Waals surface area contributed by atoms with Crippen LogP contribution in [0, 0.1) is 16.7 Å². The summed E-state index contributed by atoms with van der Waals surface area (Å²) in [6.07, 6.45) is 7.99. The molecular formula is C30H38BrNO5. The van der Waals surface area contributed by atoms with Crippen LogP contribution >= 0.6 is 15.9 Å². The first-order valence-electron chi connectivity index (χ1n) is 13.8. The minimum atomic E-state index is -1.17. The lowest BCUT2D eigenvalue weighted by Crippen LogP contribution is -2.79. The van der Waals surface area contributed by atoms with Gasteiger partial charge in [-0.1, -0.05) is 35.0 Å². The second kappa shape index (κ2) is 7.92. The minimum absolute atomic E-state index is 0.181. The minimum Gasteiger partial charge on any atom is -0.486 e. The number of hydrogen-bond acceptors (Lipinski definition) is 6. The van der Waals surface area contributed by atoms with Crippen molar-refractivity contribution in [1.29, 1.82) is 0 Å². The molecule has 0 radical (unpaired) electrons. The van der Waals surface area contributed by atoms with E-state index in [1.54, 1.807) is 0 Å². The van der Waals surface area contributed by atoms with Crippen LogP contribution in [-0.2, 0) is 9.47 Å². The summed E-state index contributed by atoms with van der Waals surface area (Å²) in [6, 6.07) is 7.96. The Labute approximate surface area is 227 Å². The largest absolute Gasteiger partial charge is 0.486 e. The first kappa shape index (κ1) is 24.8. The van der Waals surface area contributed by atoms with Crippen LogP contribution in [0.4, 0.5) is 0 Å². The van der Waals surface area contributed by atoms with Gasteiger partial charge in [0.15, 0.2) is 5.79 Å². The standard InChI is InChI=1S/C30H38BrNO5/c1-19(36-22-7-5-21(31)6-8-22)23-10-11-29-24-9-4-20-16-28(34)13-12-26(20,2)30(24,37-28)25(33)17-27(23,29)18-32(3)14-15-35-29/h5-10,19-20,25,33-34H,4,11-18H2,1-3H3. The van der Waals surface area contributed by atoms with Crippen molar-refractivity contribution in [2.45, 2.75) is 81.6 Å². The molecule has 2 N–H and O–H groups in total. The van der Waals surface area contributed by atoms with Gasteiger partial charge in [0.25, 0.3) is 0 Å². The van der Waals surface area contributed by atoms with Crippen LogP contribution in [0.15, 0.2) is 52.0 Å². The molecule has 6 nitrogen and oxygen atoms in total. The molecule has 3 heterocycles. The molecule has 8 atom stereocenters. The Morgan fingerprint density at radius 2 is 1.95 bits per heavy atom. The van der Waals surface area contributed by atoms with Gasteiger partial charge in [0.2, 0.25) is 0 Å². The summed E-state index contributed by atoms with van der Waals surface area (Å²) in [5.41, 5.74) is 0.0536. The number of ether oxygens (including phenoxy) is 3. The Morgan fingerprint density at radius 3 is 2.73 bits per heavy atom. The number of allylic oxidation sites excluding steroid dienone is 1. The number of fused-ring (bicyclic) bond motifs is 1. The molecule has 8 rings (SSSR count). The van der Waals surface area contributed by atoms with Gasteiger partial charge in [-0.05, 0) is 81.0 Å². The quantitative estimate of drug-likeness (QED) is 0.517. The molecule has 200 valence electrons. The van der Waals surface area contributed by atoms with E-state index in [1.807, 2.05) is 24.3 Å². The molecule has 7 aliphatic rings. The van der Waals surface area contributed by atoms with Gasteiger partial charge < -0.3 is 29.3 Å².